The van der Waals surface area contributed by atoms with E-state index < -0.39 is 0 Å². The number of fused-ring (bicyclic) bond motifs is 6. The van der Waals surface area contributed by atoms with Crippen LogP contribution in [0.25, 0.3) is 87.2 Å². The summed E-state index contributed by atoms with van der Waals surface area (Å²) in [5, 5.41) is 12.7. The van der Waals surface area contributed by atoms with Crippen molar-refractivity contribution in [1.29, 1.82) is 0 Å². The van der Waals surface area contributed by atoms with Gasteiger partial charge >= 0.3 is 0 Å². The van der Waals surface area contributed by atoms with Gasteiger partial charge in [-0.15, -0.1) is 0 Å². The Morgan fingerprint density at radius 1 is 0.227 bits per heavy atom. The fourth-order valence-corrected chi connectivity index (χ4v) is 7.28. The SMILES string of the molecule is c1ccc(-c2cc3c(-c4c5ccccc5c(-c5ccc6ccccc6c5)c5ccccc45)cccc3c3ccccc23)cc1. The topological polar surface area (TPSA) is 0 Å². The van der Waals surface area contributed by atoms with Gasteiger partial charge in [0.1, 0.15) is 0 Å². The summed E-state index contributed by atoms with van der Waals surface area (Å²) in [6.45, 7) is 0. The lowest BCUT2D eigenvalue weighted by Gasteiger charge is -2.20. The van der Waals surface area contributed by atoms with Crippen LogP contribution in [0.4, 0.5) is 0 Å². The molecule has 0 unspecified atom stereocenters. The standard InChI is InChI=1S/C44H28/c1-2-14-30(15-3-1)41-28-42-35(33-17-6-7-18-34(33)41)23-12-24-40(42)44-38-21-10-8-19-36(38)43(37-20-9-11-22-39(37)44)32-26-25-29-13-4-5-16-31(29)27-32/h1-28H. The third-order valence-electron chi connectivity index (χ3n) is 9.23. The molecule has 9 aromatic carbocycles. The fourth-order valence-electron chi connectivity index (χ4n) is 7.28. The first-order valence-electron chi connectivity index (χ1n) is 15.3. The van der Waals surface area contributed by atoms with Crippen LogP contribution < -0.4 is 0 Å². The smallest absolute Gasteiger partial charge is 0.00201 e. The Morgan fingerprint density at radius 3 is 1.45 bits per heavy atom. The molecule has 0 fully saturated rings. The van der Waals surface area contributed by atoms with E-state index in [0.29, 0.717) is 0 Å². The van der Waals surface area contributed by atoms with Gasteiger partial charge in [-0.2, -0.15) is 0 Å². The average Bonchev–Trinajstić information content (AvgIpc) is 3.10. The molecule has 0 spiro atoms. The second-order valence-electron chi connectivity index (χ2n) is 11.6. The Bertz CT molecular complexity index is 2480. The monoisotopic (exact) mass is 556 g/mol. The van der Waals surface area contributed by atoms with Crippen molar-refractivity contribution in [2.24, 2.45) is 0 Å². The molecule has 0 saturated carbocycles. The van der Waals surface area contributed by atoms with E-state index >= 15 is 0 Å². The molecule has 0 N–H and O–H groups in total. The molecule has 0 aliphatic rings. The highest BCUT2D eigenvalue weighted by molar-refractivity contribution is 6.26. The van der Waals surface area contributed by atoms with Gasteiger partial charge in [0.25, 0.3) is 0 Å². The van der Waals surface area contributed by atoms with Crippen LogP contribution >= 0.6 is 0 Å². The van der Waals surface area contributed by atoms with Crippen LogP contribution in [0.2, 0.25) is 0 Å². The van der Waals surface area contributed by atoms with Crippen molar-refractivity contribution in [2.75, 3.05) is 0 Å². The predicted octanol–water partition coefficient (Wildman–Crippen LogP) is 12.5. The normalized spacial score (nSPS) is 11.6. The molecule has 204 valence electrons. The van der Waals surface area contributed by atoms with Crippen molar-refractivity contribution in [3.05, 3.63) is 170 Å². The largest absolute Gasteiger partial charge is 0.0622 e. The van der Waals surface area contributed by atoms with E-state index in [4.69, 9.17) is 0 Å². The summed E-state index contributed by atoms with van der Waals surface area (Å²) in [6.07, 6.45) is 0. The first kappa shape index (κ1) is 24.8. The van der Waals surface area contributed by atoms with E-state index in [9.17, 15) is 0 Å². The lowest BCUT2D eigenvalue weighted by Crippen LogP contribution is -1.92. The minimum atomic E-state index is 1.24. The molecule has 9 rings (SSSR count). The summed E-state index contributed by atoms with van der Waals surface area (Å²) in [6, 6.07) is 62.3. The molecular weight excluding hydrogens is 528 g/mol. The highest BCUT2D eigenvalue weighted by Gasteiger charge is 2.19. The highest BCUT2D eigenvalue weighted by Crippen LogP contribution is 2.47. The first-order valence-corrected chi connectivity index (χ1v) is 15.3. The van der Waals surface area contributed by atoms with E-state index in [1.54, 1.807) is 0 Å². The first-order chi connectivity index (χ1) is 21.8. The summed E-state index contributed by atoms with van der Waals surface area (Å²) >= 11 is 0. The zero-order valence-corrected chi connectivity index (χ0v) is 24.2. The van der Waals surface area contributed by atoms with E-state index in [1.807, 2.05) is 0 Å². The number of benzene rings is 9. The van der Waals surface area contributed by atoms with E-state index in [0.717, 1.165) is 0 Å². The van der Waals surface area contributed by atoms with Crippen LogP contribution in [0.15, 0.2) is 170 Å². The van der Waals surface area contributed by atoms with Crippen LogP contribution in [0.5, 0.6) is 0 Å². The Kier molecular flexibility index (Phi) is 5.61. The summed E-state index contributed by atoms with van der Waals surface area (Å²) in [7, 11) is 0. The lowest BCUT2D eigenvalue weighted by molar-refractivity contribution is 1.66. The van der Waals surface area contributed by atoms with Gasteiger partial charge in [0, 0.05) is 0 Å². The molecule has 0 saturated heterocycles. The van der Waals surface area contributed by atoms with Crippen LogP contribution in [-0.4, -0.2) is 0 Å². The molecule has 44 heavy (non-hydrogen) atoms. The molecule has 0 atom stereocenters. The number of hydrogen-bond donors (Lipinski definition) is 0. The molecule has 0 heteroatoms. The molecule has 0 bridgehead atoms. The second kappa shape index (κ2) is 9.93. The number of hydrogen-bond acceptors (Lipinski definition) is 0. The van der Waals surface area contributed by atoms with Crippen LogP contribution in [0.1, 0.15) is 0 Å². The third kappa shape index (κ3) is 3.78. The molecule has 0 aliphatic carbocycles. The molecule has 0 aromatic heterocycles. The second-order valence-corrected chi connectivity index (χ2v) is 11.6. The lowest BCUT2D eigenvalue weighted by atomic mass is 9.83. The quantitative estimate of drug-likeness (QED) is 0.150. The van der Waals surface area contributed by atoms with Crippen molar-refractivity contribution in [3.8, 4) is 33.4 Å². The zero-order chi connectivity index (χ0) is 29.0. The summed E-state index contributed by atoms with van der Waals surface area (Å²) in [5.74, 6) is 0. The Balaban J connectivity index is 1.42. The fraction of sp³-hybridized carbons (Fsp3) is 0. The van der Waals surface area contributed by atoms with Gasteiger partial charge < -0.3 is 0 Å². The minimum absolute atomic E-state index is 1.24. The van der Waals surface area contributed by atoms with Gasteiger partial charge in [0.15, 0.2) is 0 Å². The maximum absolute atomic E-state index is 2.42. The average molecular weight is 557 g/mol. The maximum Gasteiger partial charge on any atom is -0.00201 e. The number of rotatable bonds is 3. The van der Waals surface area contributed by atoms with Gasteiger partial charge in [0.2, 0.25) is 0 Å². The highest BCUT2D eigenvalue weighted by atomic mass is 14.2. The molecule has 0 heterocycles. The Morgan fingerprint density at radius 2 is 0.750 bits per heavy atom. The van der Waals surface area contributed by atoms with Crippen molar-refractivity contribution in [2.45, 2.75) is 0 Å². The van der Waals surface area contributed by atoms with Crippen LogP contribution in [0, 0.1) is 0 Å². The van der Waals surface area contributed by atoms with Crippen molar-refractivity contribution in [3.63, 3.8) is 0 Å². The molecule has 0 nitrogen and oxygen atoms in total. The minimum Gasteiger partial charge on any atom is -0.0622 e. The summed E-state index contributed by atoms with van der Waals surface area (Å²) in [4.78, 5) is 0. The zero-order valence-electron chi connectivity index (χ0n) is 24.2. The molecule has 9 aromatic rings. The van der Waals surface area contributed by atoms with Crippen LogP contribution in [-0.2, 0) is 0 Å². The third-order valence-corrected chi connectivity index (χ3v) is 9.23. The van der Waals surface area contributed by atoms with E-state index in [-0.39, 0.29) is 0 Å². The van der Waals surface area contributed by atoms with Crippen molar-refractivity contribution in [1.82, 2.24) is 0 Å². The van der Waals surface area contributed by atoms with Gasteiger partial charge in [-0.05, 0) is 99.4 Å². The van der Waals surface area contributed by atoms with Gasteiger partial charge in [-0.25, -0.2) is 0 Å². The maximum atomic E-state index is 2.42. The molecule has 0 radical (unpaired) electrons. The van der Waals surface area contributed by atoms with E-state index in [1.165, 1.54) is 87.2 Å². The molecule has 0 aliphatic heterocycles. The predicted molar refractivity (Wildman–Crippen MR) is 190 cm³/mol. The Labute approximate surface area is 256 Å². The van der Waals surface area contributed by atoms with Crippen LogP contribution in [0.3, 0.4) is 0 Å². The van der Waals surface area contributed by atoms with Gasteiger partial charge in [-0.1, -0.05) is 158 Å². The van der Waals surface area contributed by atoms with Gasteiger partial charge in [-0.3, -0.25) is 0 Å². The van der Waals surface area contributed by atoms with Gasteiger partial charge in [0.05, 0.1) is 0 Å². The van der Waals surface area contributed by atoms with Crippen molar-refractivity contribution >= 4 is 53.9 Å². The summed E-state index contributed by atoms with van der Waals surface area (Å²) in [5.41, 5.74) is 7.60. The summed E-state index contributed by atoms with van der Waals surface area (Å²) < 4.78 is 0. The van der Waals surface area contributed by atoms with E-state index in [2.05, 4.69) is 170 Å². The Hall–Kier alpha value is -5.72. The van der Waals surface area contributed by atoms with Crippen molar-refractivity contribution < 1.29 is 0 Å². The molecular formula is C44H28. The molecule has 0 amide bonds.